The van der Waals surface area contributed by atoms with Crippen LogP contribution in [0.4, 0.5) is 0 Å². The van der Waals surface area contributed by atoms with E-state index in [1.807, 2.05) is 19.1 Å². The number of rotatable bonds is 6. The third-order valence-corrected chi connectivity index (χ3v) is 3.83. The van der Waals surface area contributed by atoms with Crippen molar-refractivity contribution in [3.05, 3.63) is 29.8 Å². The van der Waals surface area contributed by atoms with Gasteiger partial charge in [0.2, 0.25) is 0 Å². The number of benzene rings is 1. The quantitative estimate of drug-likeness (QED) is 0.856. The average Bonchev–Trinajstić information content (AvgIpc) is 2.76. The fourth-order valence-corrected chi connectivity index (χ4v) is 2.91. The Morgan fingerprint density at radius 1 is 1.37 bits per heavy atom. The normalized spacial score (nSPS) is 22.9. The summed E-state index contributed by atoms with van der Waals surface area (Å²) < 4.78 is 5.52. The van der Waals surface area contributed by atoms with Gasteiger partial charge in [0.25, 0.3) is 0 Å². The number of aliphatic hydroxyl groups is 1. The molecule has 1 N–H and O–H groups in total. The molecule has 2 rings (SSSR count). The van der Waals surface area contributed by atoms with Crippen molar-refractivity contribution < 1.29 is 9.84 Å². The summed E-state index contributed by atoms with van der Waals surface area (Å²) >= 11 is 0. The predicted octanol–water partition coefficient (Wildman–Crippen LogP) is 2.68. The lowest BCUT2D eigenvalue weighted by Crippen LogP contribution is -2.29. The molecule has 0 aromatic heterocycles. The Balaban J connectivity index is 1.87. The van der Waals surface area contributed by atoms with Gasteiger partial charge in [-0.3, -0.25) is 0 Å². The fraction of sp³-hybridized carbons (Fsp3) is 0.625. The minimum Gasteiger partial charge on any atom is -0.494 e. The highest BCUT2D eigenvalue weighted by Crippen LogP contribution is 2.26. The standard InChI is InChI=1S/C16H25NO2/c1-3-19-15-8-4-6-13(10-15)11-17(2)12-14-7-5-9-16(14)18/h4,6,8,10,14,16,18H,3,5,7,9,11-12H2,1-2H3. The number of aliphatic hydroxyl groups excluding tert-OH is 1. The van der Waals surface area contributed by atoms with Crippen LogP contribution in [0, 0.1) is 5.92 Å². The van der Waals surface area contributed by atoms with Gasteiger partial charge in [0, 0.05) is 13.1 Å². The molecule has 1 fully saturated rings. The largest absolute Gasteiger partial charge is 0.494 e. The smallest absolute Gasteiger partial charge is 0.119 e. The highest BCUT2D eigenvalue weighted by Gasteiger charge is 2.25. The molecule has 0 saturated heterocycles. The van der Waals surface area contributed by atoms with Crippen LogP contribution in [-0.2, 0) is 6.54 Å². The molecule has 1 aromatic carbocycles. The van der Waals surface area contributed by atoms with Crippen LogP contribution >= 0.6 is 0 Å². The Labute approximate surface area is 116 Å². The van der Waals surface area contributed by atoms with E-state index in [-0.39, 0.29) is 6.10 Å². The average molecular weight is 263 g/mol. The van der Waals surface area contributed by atoms with E-state index in [0.717, 1.165) is 31.7 Å². The SMILES string of the molecule is CCOc1cccc(CN(C)CC2CCCC2O)c1. The molecule has 0 radical (unpaired) electrons. The number of ether oxygens (including phenoxy) is 1. The molecule has 1 saturated carbocycles. The zero-order valence-electron chi connectivity index (χ0n) is 12.0. The molecule has 19 heavy (non-hydrogen) atoms. The molecule has 106 valence electrons. The van der Waals surface area contributed by atoms with Gasteiger partial charge in [-0.25, -0.2) is 0 Å². The Morgan fingerprint density at radius 3 is 2.89 bits per heavy atom. The van der Waals surface area contributed by atoms with Gasteiger partial charge in [-0.1, -0.05) is 18.6 Å². The van der Waals surface area contributed by atoms with Gasteiger partial charge >= 0.3 is 0 Å². The van der Waals surface area contributed by atoms with E-state index in [9.17, 15) is 5.11 Å². The van der Waals surface area contributed by atoms with E-state index in [2.05, 4.69) is 24.1 Å². The molecule has 3 nitrogen and oxygen atoms in total. The van der Waals surface area contributed by atoms with Crippen LogP contribution in [0.15, 0.2) is 24.3 Å². The van der Waals surface area contributed by atoms with Gasteiger partial charge in [0.15, 0.2) is 0 Å². The van der Waals surface area contributed by atoms with Crippen molar-refractivity contribution in [1.29, 1.82) is 0 Å². The van der Waals surface area contributed by atoms with Crippen LogP contribution in [0.2, 0.25) is 0 Å². The first-order chi connectivity index (χ1) is 9.19. The third kappa shape index (κ3) is 4.22. The van der Waals surface area contributed by atoms with Crippen molar-refractivity contribution in [2.75, 3.05) is 20.2 Å². The topological polar surface area (TPSA) is 32.7 Å². The van der Waals surface area contributed by atoms with Gasteiger partial charge in [-0.05, 0) is 50.4 Å². The maximum Gasteiger partial charge on any atom is 0.119 e. The molecule has 0 heterocycles. The first kappa shape index (κ1) is 14.4. The molecule has 0 amide bonds. The summed E-state index contributed by atoms with van der Waals surface area (Å²) in [6.07, 6.45) is 3.19. The van der Waals surface area contributed by atoms with Crippen LogP contribution in [0.25, 0.3) is 0 Å². The number of hydrogen-bond acceptors (Lipinski definition) is 3. The van der Waals surface area contributed by atoms with E-state index < -0.39 is 0 Å². The van der Waals surface area contributed by atoms with E-state index >= 15 is 0 Å². The van der Waals surface area contributed by atoms with Crippen LogP contribution in [-0.4, -0.2) is 36.3 Å². The van der Waals surface area contributed by atoms with Crippen molar-refractivity contribution in [2.45, 2.75) is 38.8 Å². The molecule has 2 unspecified atom stereocenters. The molecule has 0 spiro atoms. The lowest BCUT2D eigenvalue weighted by molar-refractivity contribution is 0.108. The van der Waals surface area contributed by atoms with E-state index in [1.165, 1.54) is 12.0 Å². The first-order valence-electron chi connectivity index (χ1n) is 7.27. The van der Waals surface area contributed by atoms with Crippen LogP contribution in [0.1, 0.15) is 31.7 Å². The molecule has 1 aliphatic rings. The van der Waals surface area contributed by atoms with Gasteiger partial charge in [0.05, 0.1) is 12.7 Å². The van der Waals surface area contributed by atoms with Crippen molar-refractivity contribution >= 4 is 0 Å². The summed E-state index contributed by atoms with van der Waals surface area (Å²) in [6, 6.07) is 8.27. The molecule has 0 aliphatic heterocycles. The molecule has 3 heteroatoms. The van der Waals surface area contributed by atoms with Crippen LogP contribution in [0.5, 0.6) is 5.75 Å². The van der Waals surface area contributed by atoms with Gasteiger partial charge in [-0.2, -0.15) is 0 Å². The first-order valence-corrected chi connectivity index (χ1v) is 7.27. The van der Waals surface area contributed by atoms with Gasteiger partial charge < -0.3 is 14.7 Å². The molecular weight excluding hydrogens is 238 g/mol. The van der Waals surface area contributed by atoms with Gasteiger partial charge in [0.1, 0.15) is 5.75 Å². The second-order valence-corrected chi connectivity index (χ2v) is 5.54. The molecular formula is C16H25NO2. The van der Waals surface area contributed by atoms with E-state index in [1.54, 1.807) is 0 Å². The van der Waals surface area contributed by atoms with Crippen LogP contribution < -0.4 is 4.74 Å². The zero-order valence-corrected chi connectivity index (χ0v) is 12.0. The zero-order chi connectivity index (χ0) is 13.7. The lowest BCUT2D eigenvalue weighted by atomic mass is 10.1. The molecule has 0 bridgehead atoms. The Kier molecular flexibility index (Phi) is 5.23. The Bertz CT molecular complexity index is 394. The molecule has 1 aromatic rings. The Morgan fingerprint density at radius 2 is 2.21 bits per heavy atom. The minimum absolute atomic E-state index is 0.0998. The third-order valence-electron chi connectivity index (χ3n) is 3.83. The second-order valence-electron chi connectivity index (χ2n) is 5.54. The number of hydrogen-bond donors (Lipinski definition) is 1. The van der Waals surface area contributed by atoms with E-state index in [0.29, 0.717) is 12.5 Å². The summed E-state index contributed by atoms with van der Waals surface area (Å²) in [6.45, 7) is 4.58. The fourth-order valence-electron chi connectivity index (χ4n) is 2.91. The summed E-state index contributed by atoms with van der Waals surface area (Å²) in [5.74, 6) is 1.38. The highest BCUT2D eigenvalue weighted by molar-refractivity contribution is 5.28. The summed E-state index contributed by atoms with van der Waals surface area (Å²) in [5, 5.41) is 9.87. The maximum absolute atomic E-state index is 9.87. The predicted molar refractivity (Wildman–Crippen MR) is 77.3 cm³/mol. The lowest BCUT2D eigenvalue weighted by Gasteiger charge is -2.23. The van der Waals surface area contributed by atoms with Crippen molar-refractivity contribution in [1.82, 2.24) is 4.90 Å². The summed E-state index contributed by atoms with van der Waals surface area (Å²) in [4.78, 5) is 2.30. The maximum atomic E-state index is 9.87. The summed E-state index contributed by atoms with van der Waals surface area (Å²) in [5.41, 5.74) is 1.26. The van der Waals surface area contributed by atoms with Gasteiger partial charge in [-0.15, -0.1) is 0 Å². The minimum atomic E-state index is -0.0998. The summed E-state index contributed by atoms with van der Waals surface area (Å²) in [7, 11) is 2.12. The molecule has 1 aliphatic carbocycles. The van der Waals surface area contributed by atoms with Crippen molar-refractivity contribution in [3.8, 4) is 5.75 Å². The Hall–Kier alpha value is -1.06. The number of nitrogens with zero attached hydrogens (tertiary/aromatic N) is 1. The van der Waals surface area contributed by atoms with Crippen molar-refractivity contribution in [2.24, 2.45) is 5.92 Å². The highest BCUT2D eigenvalue weighted by atomic mass is 16.5. The van der Waals surface area contributed by atoms with Crippen molar-refractivity contribution in [3.63, 3.8) is 0 Å². The second kappa shape index (κ2) is 6.92. The van der Waals surface area contributed by atoms with Crippen LogP contribution in [0.3, 0.4) is 0 Å². The molecule has 2 atom stereocenters. The monoisotopic (exact) mass is 263 g/mol. The van der Waals surface area contributed by atoms with E-state index in [4.69, 9.17) is 4.74 Å².